The first-order valence-corrected chi connectivity index (χ1v) is 10.4. The summed E-state index contributed by atoms with van der Waals surface area (Å²) in [6.45, 7) is 10.2. The molecule has 0 saturated heterocycles. The van der Waals surface area contributed by atoms with Crippen molar-refractivity contribution in [2.45, 2.75) is 41.0 Å². The number of hydrogen-bond donors (Lipinski definition) is 1. The standard InChI is InChI=1S/C23H24N4OS/c1-13-6-7-18(8-14(13)2)12-22(28)25-21-11-17(5)26-27(21)23-24-19-9-15(3)16(4)10-20(19)29-23/h6-11H,12H2,1-5H3,(H,25,28). The molecule has 2 aromatic carbocycles. The smallest absolute Gasteiger partial charge is 0.229 e. The predicted octanol–water partition coefficient (Wildman–Crippen LogP) is 5.21. The number of nitrogens with one attached hydrogen (secondary N) is 1. The Morgan fingerprint density at radius 3 is 2.45 bits per heavy atom. The first-order valence-electron chi connectivity index (χ1n) is 9.61. The van der Waals surface area contributed by atoms with Crippen molar-refractivity contribution in [3.63, 3.8) is 0 Å². The van der Waals surface area contributed by atoms with Gasteiger partial charge in [0.15, 0.2) is 0 Å². The highest BCUT2D eigenvalue weighted by Crippen LogP contribution is 2.29. The Morgan fingerprint density at radius 2 is 1.69 bits per heavy atom. The fourth-order valence-electron chi connectivity index (χ4n) is 3.28. The Bertz CT molecular complexity index is 1200. The zero-order valence-electron chi connectivity index (χ0n) is 17.3. The number of aryl methyl sites for hydroxylation is 5. The van der Waals surface area contributed by atoms with Gasteiger partial charge in [-0.2, -0.15) is 9.78 Å². The molecule has 0 aliphatic carbocycles. The van der Waals surface area contributed by atoms with E-state index < -0.39 is 0 Å². The maximum absolute atomic E-state index is 12.7. The third-order valence-corrected chi connectivity index (χ3v) is 6.20. The molecule has 0 spiro atoms. The number of rotatable bonds is 4. The molecule has 5 nitrogen and oxygen atoms in total. The minimum atomic E-state index is -0.0674. The van der Waals surface area contributed by atoms with Crippen LogP contribution in [-0.2, 0) is 11.2 Å². The van der Waals surface area contributed by atoms with Gasteiger partial charge >= 0.3 is 0 Å². The Labute approximate surface area is 174 Å². The van der Waals surface area contributed by atoms with Crippen molar-refractivity contribution in [1.82, 2.24) is 14.8 Å². The first-order chi connectivity index (χ1) is 13.8. The second-order valence-electron chi connectivity index (χ2n) is 7.63. The fourth-order valence-corrected chi connectivity index (χ4v) is 4.29. The van der Waals surface area contributed by atoms with Crippen LogP contribution < -0.4 is 5.32 Å². The number of aromatic nitrogens is 3. The molecule has 0 aliphatic rings. The first kappa shape index (κ1) is 19.3. The lowest BCUT2D eigenvalue weighted by molar-refractivity contribution is -0.115. The number of nitrogens with zero attached hydrogens (tertiary/aromatic N) is 3. The highest BCUT2D eigenvalue weighted by Gasteiger charge is 2.15. The van der Waals surface area contributed by atoms with Crippen molar-refractivity contribution >= 4 is 33.3 Å². The Balaban J connectivity index is 1.61. The predicted molar refractivity (Wildman–Crippen MR) is 119 cm³/mol. The van der Waals surface area contributed by atoms with Crippen LogP contribution in [0.5, 0.6) is 0 Å². The largest absolute Gasteiger partial charge is 0.310 e. The highest BCUT2D eigenvalue weighted by molar-refractivity contribution is 7.20. The van der Waals surface area contributed by atoms with E-state index in [0.717, 1.165) is 26.6 Å². The van der Waals surface area contributed by atoms with Crippen LogP contribution in [0, 0.1) is 34.6 Å². The molecule has 6 heteroatoms. The van der Waals surface area contributed by atoms with Crippen LogP contribution in [0.15, 0.2) is 36.4 Å². The van der Waals surface area contributed by atoms with Gasteiger partial charge in [0.05, 0.1) is 22.3 Å². The van der Waals surface area contributed by atoms with Crippen molar-refractivity contribution < 1.29 is 4.79 Å². The number of benzene rings is 2. The van der Waals surface area contributed by atoms with Crippen LogP contribution >= 0.6 is 11.3 Å². The number of anilines is 1. The number of hydrogen-bond acceptors (Lipinski definition) is 4. The molecule has 0 aliphatic heterocycles. The molecule has 148 valence electrons. The average Bonchev–Trinajstić information content (AvgIpc) is 3.21. The summed E-state index contributed by atoms with van der Waals surface area (Å²) in [5.41, 5.74) is 7.66. The molecule has 0 fully saturated rings. The van der Waals surface area contributed by atoms with E-state index in [-0.39, 0.29) is 5.91 Å². The minimum Gasteiger partial charge on any atom is -0.310 e. The monoisotopic (exact) mass is 404 g/mol. The van der Waals surface area contributed by atoms with Gasteiger partial charge in [0.1, 0.15) is 5.82 Å². The van der Waals surface area contributed by atoms with Gasteiger partial charge in [0.2, 0.25) is 11.0 Å². The summed E-state index contributed by atoms with van der Waals surface area (Å²) in [7, 11) is 0. The van der Waals surface area contributed by atoms with E-state index in [1.807, 2.05) is 19.1 Å². The molecule has 4 aromatic rings. The Hall–Kier alpha value is -2.99. The maximum Gasteiger partial charge on any atom is 0.229 e. The number of fused-ring (bicyclic) bond motifs is 1. The maximum atomic E-state index is 12.7. The van der Waals surface area contributed by atoms with E-state index in [9.17, 15) is 4.79 Å². The molecule has 4 rings (SSSR count). The van der Waals surface area contributed by atoms with Gasteiger partial charge < -0.3 is 5.32 Å². The zero-order chi connectivity index (χ0) is 20.7. The van der Waals surface area contributed by atoms with Gasteiger partial charge in [0, 0.05) is 6.07 Å². The van der Waals surface area contributed by atoms with E-state index in [0.29, 0.717) is 12.2 Å². The van der Waals surface area contributed by atoms with Crippen LogP contribution in [0.2, 0.25) is 0 Å². The SMILES string of the molecule is Cc1cc(NC(=O)Cc2ccc(C)c(C)c2)n(-c2nc3cc(C)c(C)cc3s2)n1. The van der Waals surface area contributed by atoms with Crippen molar-refractivity contribution in [3.05, 3.63) is 69.9 Å². The third-order valence-electron chi connectivity index (χ3n) is 5.21. The molecule has 2 heterocycles. The molecule has 0 unspecified atom stereocenters. The van der Waals surface area contributed by atoms with Crippen LogP contribution in [0.4, 0.5) is 5.82 Å². The fraction of sp³-hybridized carbons (Fsp3) is 0.261. The van der Waals surface area contributed by atoms with Crippen molar-refractivity contribution in [2.24, 2.45) is 0 Å². The molecule has 0 bridgehead atoms. The van der Waals surface area contributed by atoms with Gasteiger partial charge in [-0.05, 0) is 74.6 Å². The van der Waals surface area contributed by atoms with E-state index in [4.69, 9.17) is 4.98 Å². The van der Waals surface area contributed by atoms with Gasteiger partial charge in [0.25, 0.3) is 0 Å². The average molecular weight is 405 g/mol. The molecule has 1 N–H and O–H groups in total. The molecule has 0 radical (unpaired) electrons. The number of amides is 1. The minimum absolute atomic E-state index is 0.0674. The second-order valence-corrected chi connectivity index (χ2v) is 8.64. The van der Waals surface area contributed by atoms with Crippen LogP contribution in [-0.4, -0.2) is 20.7 Å². The summed E-state index contributed by atoms with van der Waals surface area (Å²) in [6.07, 6.45) is 0.323. The number of carbonyl (C=O) groups is 1. The summed E-state index contributed by atoms with van der Waals surface area (Å²) in [5.74, 6) is 0.575. The molecule has 0 saturated carbocycles. The highest BCUT2D eigenvalue weighted by atomic mass is 32.1. The lowest BCUT2D eigenvalue weighted by Gasteiger charge is -2.08. The Kier molecular flexibility index (Phi) is 4.96. The second kappa shape index (κ2) is 7.44. The summed E-state index contributed by atoms with van der Waals surface area (Å²) in [6, 6.07) is 12.2. The Morgan fingerprint density at radius 1 is 0.966 bits per heavy atom. The molecule has 2 aromatic heterocycles. The van der Waals surface area contributed by atoms with Gasteiger partial charge in [-0.25, -0.2) is 4.98 Å². The zero-order valence-corrected chi connectivity index (χ0v) is 18.1. The topological polar surface area (TPSA) is 59.8 Å². The molecule has 0 atom stereocenters. The summed E-state index contributed by atoms with van der Waals surface area (Å²) in [5, 5.41) is 8.31. The van der Waals surface area contributed by atoms with Gasteiger partial charge in [-0.1, -0.05) is 29.5 Å². The molecule has 29 heavy (non-hydrogen) atoms. The summed E-state index contributed by atoms with van der Waals surface area (Å²) < 4.78 is 2.84. The van der Waals surface area contributed by atoms with E-state index in [2.05, 4.69) is 62.4 Å². The summed E-state index contributed by atoms with van der Waals surface area (Å²) in [4.78, 5) is 17.4. The van der Waals surface area contributed by atoms with E-state index >= 15 is 0 Å². The van der Waals surface area contributed by atoms with E-state index in [1.165, 1.54) is 22.3 Å². The van der Waals surface area contributed by atoms with Crippen LogP contribution in [0.1, 0.15) is 33.5 Å². The third kappa shape index (κ3) is 3.93. The summed E-state index contributed by atoms with van der Waals surface area (Å²) >= 11 is 1.57. The normalized spacial score (nSPS) is 11.2. The van der Waals surface area contributed by atoms with Crippen LogP contribution in [0.3, 0.4) is 0 Å². The van der Waals surface area contributed by atoms with E-state index in [1.54, 1.807) is 16.0 Å². The van der Waals surface area contributed by atoms with Gasteiger partial charge in [-0.15, -0.1) is 0 Å². The molecular formula is C23H24N4OS. The number of thiazole rings is 1. The van der Waals surface area contributed by atoms with Gasteiger partial charge in [-0.3, -0.25) is 4.79 Å². The number of carbonyl (C=O) groups excluding carboxylic acids is 1. The van der Waals surface area contributed by atoms with Crippen molar-refractivity contribution in [1.29, 1.82) is 0 Å². The van der Waals surface area contributed by atoms with Crippen LogP contribution in [0.25, 0.3) is 15.3 Å². The lowest BCUT2D eigenvalue weighted by Crippen LogP contribution is -2.17. The molecule has 1 amide bonds. The van der Waals surface area contributed by atoms with Crippen molar-refractivity contribution in [2.75, 3.05) is 5.32 Å². The molecular weight excluding hydrogens is 380 g/mol. The lowest BCUT2D eigenvalue weighted by atomic mass is 10.0. The quantitative estimate of drug-likeness (QED) is 0.508. The van der Waals surface area contributed by atoms with Crippen molar-refractivity contribution in [3.8, 4) is 5.13 Å².